The molecule has 0 radical (unpaired) electrons. The Labute approximate surface area is 156 Å². The molecule has 1 unspecified atom stereocenters. The fourth-order valence-corrected chi connectivity index (χ4v) is 3.23. The second-order valence-corrected chi connectivity index (χ2v) is 6.23. The number of H-pyrrole nitrogens is 1. The third kappa shape index (κ3) is 4.99. The molecule has 0 spiro atoms. The molecule has 1 aromatic rings. The molecule has 1 aromatic heterocycles. The number of nitrogens with one attached hydrogen (secondary N) is 3. The number of carbonyl (C=O) groups is 2. The van der Waals surface area contributed by atoms with Gasteiger partial charge in [0.15, 0.2) is 5.78 Å². The zero-order valence-electron chi connectivity index (χ0n) is 14.9. The number of hydrogen-bond acceptors (Lipinski definition) is 4. The number of ketones is 1. The summed E-state index contributed by atoms with van der Waals surface area (Å²) in [6, 6.07) is -1.73. The van der Waals surface area contributed by atoms with E-state index in [2.05, 4.69) is 15.6 Å². The molecule has 2 rings (SSSR count). The van der Waals surface area contributed by atoms with Crippen LogP contribution in [0.4, 0.5) is 13.2 Å². The second kappa shape index (κ2) is 8.88. The molecule has 3 N–H and O–H groups in total. The van der Waals surface area contributed by atoms with Gasteiger partial charge in [0.25, 0.3) is 5.91 Å². The van der Waals surface area contributed by atoms with Crippen LogP contribution < -0.4 is 10.6 Å². The van der Waals surface area contributed by atoms with Crippen molar-refractivity contribution in [2.24, 2.45) is 0 Å². The molecule has 1 fully saturated rings. The maximum atomic E-state index is 13.3. The molecule has 10 heteroatoms. The van der Waals surface area contributed by atoms with Gasteiger partial charge in [-0.15, -0.1) is 12.4 Å². The molecule has 1 atom stereocenters. The minimum Gasteiger partial charge on any atom is -0.354 e. The number of aromatic nitrogens is 1. The molecule has 0 aliphatic carbocycles. The monoisotopic (exact) mass is 396 g/mol. The minimum atomic E-state index is -4.43. The van der Waals surface area contributed by atoms with Gasteiger partial charge in [0, 0.05) is 44.0 Å². The normalized spacial score (nSPS) is 16.7. The van der Waals surface area contributed by atoms with Gasteiger partial charge >= 0.3 is 6.18 Å². The topological polar surface area (TPSA) is 77.2 Å². The van der Waals surface area contributed by atoms with Crippen LogP contribution >= 0.6 is 12.4 Å². The highest BCUT2D eigenvalue weighted by atomic mass is 35.5. The van der Waals surface area contributed by atoms with E-state index >= 15 is 0 Å². The summed E-state index contributed by atoms with van der Waals surface area (Å²) in [5.41, 5.74) is 1.52. The first-order chi connectivity index (χ1) is 11.6. The van der Waals surface area contributed by atoms with Crippen molar-refractivity contribution < 1.29 is 22.8 Å². The third-order valence-electron chi connectivity index (χ3n) is 4.44. The van der Waals surface area contributed by atoms with E-state index in [0.29, 0.717) is 29.9 Å². The quantitative estimate of drug-likeness (QED) is 0.663. The molecule has 0 aromatic carbocycles. The van der Waals surface area contributed by atoms with Crippen molar-refractivity contribution in [1.82, 2.24) is 20.5 Å². The maximum absolute atomic E-state index is 13.3. The first-order valence-corrected chi connectivity index (χ1v) is 8.12. The number of halogens is 4. The Kier molecular flexibility index (Phi) is 7.67. The summed E-state index contributed by atoms with van der Waals surface area (Å²) < 4.78 is 40.0. The zero-order valence-corrected chi connectivity index (χ0v) is 15.7. The van der Waals surface area contributed by atoms with Gasteiger partial charge in [0.2, 0.25) is 0 Å². The van der Waals surface area contributed by atoms with Gasteiger partial charge in [-0.2, -0.15) is 13.2 Å². The molecular weight excluding hydrogens is 373 g/mol. The highest BCUT2D eigenvalue weighted by Gasteiger charge is 2.44. The molecule has 0 bridgehead atoms. The lowest BCUT2D eigenvalue weighted by Crippen LogP contribution is -2.57. The first-order valence-electron chi connectivity index (χ1n) is 8.12. The van der Waals surface area contributed by atoms with Crippen molar-refractivity contribution in [2.75, 3.05) is 32.7 Å². The van der Waals surface area contributed by atoms with E-state index in [1.54, 1.807) is 13.8 Å². The number of carbonyl (C=O) groups excluding carboxylic acids is 2. The summed E-state index contributed by atoms with van der Waals surface area (Å²) in [6.45, 7) is 5.62. The van der Waals surface area contributed by atoms with Crippen LogP contribution in [-0.2, 0) is 0 Å². The lowest BCUT2D eigenvalue weighted by atomic mass is 10.1. The number of aryl methyl sites for hydroxylation is 1. The summed E-state index contributed by atoms with van der Waals surface area (Å²) in [5.74, 6) is -0.836. The Hall–Kier alpha value is -1.58. The standard InChI is InChI=1S/C16H23F3N4O2.ClH/c1-9-13(11(3)24)10(2)22-14(9)15(25)21-8-12(16(17,18)19)23-6-4-20-5-7-23;/h12,20,22H,4-8H2,1-3H3,(H,21,25);1H. The molecule has 0 saturated carbocycles. The molecule has 1 saturated heterocycles. The van der Waals surface area contributed by atoms with Crippen LogP contribution in [0.1, 0.15) is 39.0 Å². The summed E-state index contributed by atoms with van der Waals surface area (Å²) in [6.07, 6.45) is -4.43. The van der Waals surface area contributed by atoms with Crippen LogP contribution in [0.25, 0.3) is 0 Å². The number of rotatable bonds is 5. The SMILES string of the molecule is CC(=O)c1c(C)[nH]c(C(=O)NCC(N2CCNCC2)C(F)(F)F)c1C.Cl. The van der Waals surface area contributed by atoms with Crippen LogP contribution in [0.5, 0.6) is 0 Å². The lowest BCUT2D eigenvalue weighted by Gasteiger charge is -2.35. The maximum Gasteiger partial charge on any atom is 0.405 e. The zero-order chi connectivity index (χ0) is 18.8. The Morgan fingerprint density at radius 1 is 1.23 bits per heavy atom. The average Bonchev–Trinajstić information content (AvgIpc) is 2.82. The van der Waals surface area contributed by atoms with E-state index in [0.717, 1.165) is 0 Å². The van der Waals surface area contributed by atoms with Crippen LogP contribution in [0.2, 0.25) is 0 Å². The first kappa shape index (κ1) is 22.5. The highest BCUT2D eigenvalue weighted by Crippen LogP contribution is 2.25. The van der Waals surface area contributed by atoms with E-state index in [1.807, 2.05) is 0 Å². The lowest BCUT2D eigenvalue weighted by molar-refractivity contribution is -0.183. The Morgan fingerprint density at radius 2 is 1.81 bits per heavy atom. The largest absolute Gasteiger partial charge is 0.405 e. The molecule has 1 amide bonds. The summed E-state index contributed by atoms with van der Waals surface area (Å²) in [4.78, 5) is 28.1. The van der Waals surface area contributed by atoms with Gasteiger partial charge in [-0.25, -0.2) is 0 Å². The fraction of sp³-hybridized carbons (Fsp3) is 0.625. The minimum absolute atomic E-state index is 0. The van der Waals surface area contributed by atoms with Gasteiger partial charge in [-0.05, 0) is 26.3 Å². The van der Waals surface area contributed by atoms with E-state index in [9.17, 15) is 22.8 Å². The molecule has 6 nitrogen and oxygen atoms in total. The Bertz CT molecular complexity index is 655. The number of alkyl halides is 3. The van der Waals surface area contributed by atoms with Gasteiger partial charge in [-0.3, -0.25) is 14.5 Å². The van der Waals surface area contributed by atoms with Gasteiger partial charge < -0.3 is 15.6 Å². The average molecular weight is 397 g/mol. The molecule has 2 heterocycles. The number of amides is 1. The van der Waals surface area contributed by atoms with Crippen molar-refractivity contribution in [3.63, 3.8) is 0 Å². The smallest absolute Gasteiger partial charge is 0.354 e. The summed E-state index contributed by atoms with van der Waals surface area (Å²) >= 11 is 0. The summed E-state index contributed by atoms with van der Waals surface area (Å²) in [7, 11) is 0. The van der Waals surface area contributed by atoms with Crippen molar-refractivity contribution in [2.45, 2.75) is 33.0 Å². The number of nitrogens with zero attached hydrogens (tertiary/aromatic N) is 1. The Morgan fingerprint density at radius 3 is 2.27 bits per heavy atom. The molecule has 1 aliphatic heterocycles. The van der Waals surface area contributed by atoms with Crippen LogP contribution in [0.3, 0.4) is 0 Å². The predicted octanol–water partition coefficient (Wildman–Crippen LogP) is 1.82. The van der Waals surface area contributed by atoms with Crippen LogP contribution in [-0.4, -0.2) is 66.5 Å². The van der Waals surface area contributed by atoms with E-state index in [1.165, 1.54) is 11.8 Å². The van der Waals surface area contributed by atoms with Crippen molar-refractivity contribution in [3.8, 4) is 0 Å². The van der Waals surface area contributed by atoms with Crippen molar-refractivity contribution in [3.05, 3.63) is 22.5 Å². The number of piperazine rings is 1. The van der Waals surface area contributed by atoms with Gasteiger partial charge in [0.05, 0.1) is 0 Å². The number of aromatic amines is 1. The van der Waals surface area contributed by atoms with Crippen LogP contribution in [0.15, 0.2) is 0 Å². The predicted molar refractivity (Wildman–Crippen MR) is 94.1 cm³/mol. The number of Topliss-reactive ketones (excluding diaryl/α,β-unsaturated/α-hetero) is 1. The molecule has 26 heavy (non-hydrogen) atoms. The Balaban J connectivity index is 0.00000338. The van der Waals surface area contributed by atoms with Crippen LogP contribution in [0, 0.1) is 13.8 Å². The highest BCUT2D eigenvalue weighted by molar-refractivity contribution is 6.02. The number of hydrogen-bond donors (Lipinski definition) is 3. The molecule has 148 valence electrons. The molecule has 1 aliphatic rings. The van der Waals surface area contributed by atoms with Gasteiger partial charge in [0.1, 0.15) is 11.7 Å². The van der Waals surface area contributed by atoms with Gasteiger partial charge in [-0.1, -0.05) is 0 Å². The van der Waals surface area contributed by atoms with E-state index in [-0.39, 0.29) is 37.0 Å². The van der Waals surface area contributed by atoms with E-state index in [4.69, 9.17) is 0 Å². The summed E-state index contributed by atoms with van der Waals surface area (Å²) in [5, 5.41) is 5.37. The fourth-order valence-electron chi connectivity index (χ4n) is 3.23. The van der Waals surface area contributed by atoms with E-state index < -0.39 is 24.7 Å². The van der Waals surface area contributed by atoms with Crippen molar-refractivity contribution in [1.29, 1.82) is 0 Å². The second-order valence-electron chi connectivity index (χ2n) is 6.23. The third-order valence-corrected chi connectivity index (χ3v) is 4.44. The van der Waals surface area contributed by atoms with Crippen molar-refractivity contribution >= 4 is 24.1 Å². The molecular formula is C16H24ClF3N4O2.